The smallest absolute Gasteiger partial charge is 0.413 e. The summed E-state index contributed by atoms with van der Waals surface area (Å²) < 4.78 is 5.17. The molecule has 4 aromatic rings. The summed E-state index contributed by atoms with van der Waals surface area (Å²) in [4.78, 5) is 40.0. The topological polar surface area (TPSA) is 124 Å². The van der Waals surface area contributed by atoms with Crippen LogP contribution in [0.15, 0.2) is 103 Å². The van der Waals surface area contributed by atoms with E-state index >= 15 is 0 Å². The van der Waals surface area contributed by atoms with Crippen LogP contribution in [0, 0.1) is 5.41 Å². The van der Waals surface area contributed by atoms with Crippen molar-refractivity contribution < 1.29 is 19.1 Å². The molecule has 4 N–H and O–H groups in total. The molecular weight excluding hydrogens is 554 g/mol. The molecule has 1 atom stereocenters. The number of nitrogens with zero attached hydrogens (tertiary/aromatic N) is 1. The molecule has 0 unspecified atom stereocenters. The zero-order valence-corrected chi connectivity index (χ0v) is 24.5. The molecule has 4 aromatic carbocycles. The first-order chi connectivity index (χ1) is 21.4. The number of hydrogen-bond donors (Lipinski definition) is 4. The second-order valence-corrected chi connectivity index (χ2v) is 10.7. The van der Waals surface area contributed by atoms with Gasteiger partial charge >= 0.3 is 6.09 Å². The zero-order chi connectivity index (χ0) is 30.9. The highest BCUT2D eigenvalue weighted by Gasteiger charge is 2.26. The molecule has 1 heterocycles. The lowest BCUT2D eigenvalue weighted by molar-refractivity contribution is -0.132. The van der Waals surface area contributed by atoms with Crippen molar-refractivity contribution >= 4 is 29.4 Å². The number of hydrogen-bond acceptors (Lipinski definition) is 6. The Balaban J connectivity index is 1.13. The van der Waals surface area contributed by atoms with Crippen molar-refractivity contribution in [2.45, 2.75) is 39.1 Å². The molecule has 1 aliphatic heterocycles. The Morgan fingerprint density at radius 1 is 0.886 bits per heavy atom. The number of anilines is 1. The highest BCUT2D eigenvalue weighted by atomic mass is 16.5. The highest BCUT2D eigenvalue weighted by molar-refractivity contribution is 6.04. The summed E-state index contributed by atoms with van der Waals surface area (Å²) in [5, 5.41) is 16.8. The second-order valence-electron chi connectivity index (χ2n) is 10.7. The molecule has 224 valence electrons. The third-order valence-corrected chi connectivity index (χ3v) is 7.44. The molecule has 0 fully saturated rings. The van der Waals surface area contributed by atoms with Gasteiger partial charge in [-0.3, -0.25) is 20.3 Å². The van der Waals surface area contributed by atoms with E-state index in [0.29, 0.717) is 24.2 Å². The molecule has 0 aromatic heterocycles. The Bertz CT molecular complexity index is 1620. The van der Waals surface area contributed by atoms with Gasteiger partial charge in [-0.2, -0.15) is 0 Å². The molecular formula is C35H35N5O4. The number of carbonyl (C=O) groups is 3. The van der Waals surface area contributed by atoms with E-state index in [1.54, 1.807) is 36.4 Å². The monoisotopic (exact) mass is 589 g/mol. The Morgan fingerprint density at radius 3 is 2.25 bits per heavy atom. The number of ether oxygens (including phenoxy) is 1. The molecule has 0 bridgehead atoms. The van der Waals surface area contributed by atoms with E-state index in [2.05, 4.69) is 28.1 Å². The average Bonchev–Trinajstić information content (AvgIpc) is 3.17. The van der Waals surface area contributed by atoms with Crippen molar-refractivity contribution in [3.05, 3.63) is 137 Å². The lowest BCUT2D eigenvalue weighted by atomic mass is 10.1. The van der Waals surface area contributed by atoms with E-state index in [0.717, 1.165) is 28.8 Å². The molecule has 0 aliphatic carbocycles. The predicted molar refractivity (Wildman–Crippen MR) is 169 cm³/mol. The normalized spacial score (nSPS) is 14.1. The van der Waals surface area contributed by atoms with Gasteiger partial charge in [-0.15, -0.1) is 0 Å². The van der Waals surface area contributed by atoms with Gasteiger partial charge in [0.2, 0.25) is 5.91 Å². The van der Waals surface area contributed by atoms with Crippen molar-refractivity contribution in [1.82, 2.24) is 15.5 Å². The van der Waals surface area contributed by atoms with Crippen molar-refractivity contribution in [2.75, 3.05) is 11.9 Å². The predicted octanol–water partition coefficient (Wildman–Crippen LogP) is 5.25. The molecule has 9 nitrogen and oxygen atoms in total. The van der Waals surface area contributed by atoms with Gasteiger partial charge in [-0.25, -0.2) is 4.79 Å². The van der Waals surface area contributed by atoms with Gasteiger partial charge in [0.25, 0.3) is 5.91 Å². The summed E-state index contributed by atoms with van der Waals surface area (Å²) in [6.45, 7) is 3.32. The first-order valence-corrected chi connectivity index (χ1v) is 14.5. The molecule has 9 heteroatoms. The first kappa shape index (κ1) is 30.0. The molecule has 3 amide bonds. The fourth-order valence-electron chi connectivity index (χ4n) is 4.95. The van der Waals surface area contributed by atoms with Gasteiger partial charge in [0.15, 0.2) is 0 Å². The fourth-order valence-corrected chi connectivity index (χ4v) is 4.95. The molecule has 0 radical (unpaired) electrons. The van der Waals surface area contributed by atoms with E-state index in [9.17, 15) is 14.4 Å². The van der Waals surface area contributed by atoms with Gasteiger partial charge in [0, 0.05) is 36.4 Å². The Labute approximate surface area is 256 Å². The third kappa shape index (κ3) is 7.89. The van der Waals surface area contributed by atoms with Crippen LogP contribution in [0.3, 0.4) is 0 Å². The van der Waals surface area contributed by atoms with Crippen LogP contribution >= 0.6 is 0 Å². The van der Waals surface area contributed by atoms with E-state index in [1.807, 2.05) is 66.4 Å². The minimum atomic E-state index is -0.705. The zero-order valence-electron chi connectivity index (χ0n) is 24.5. The van der Waals surface area contributed by atoms with Gasteiger partial charge in [-0.05, 0) is 47.7 Å². The minimum Gasteiger partial charge on any atom is -0.444 e. The summed E-state index contributed by atoms with van der Waals surface area (Å²) in [6.07, 6.45) is 0.0683. The van der Waals surface area contributed by atoms with E-state index in [1.165, 1.54) is 5.56 Å². The van der Waals surface area contributed by atoms with Crippen LogP contribution in [-0.2, 0) is 35.6 Å². The van der Waals surface area contributed by atoms with Gasteiger partial charge in [-0.1, -0.05) is 91.0 Å². The van der Waals surface area contributed by atoms with Crippen LogP contribution in [0.5, 0.6) is 0 Å². The number of fused-ring (bicyclic) bond motifs is 1. The molecule has 0 spiro atoms. The maximum Gasteiger partial charge on any atom is 0.413 e. The average molecular weight is 590 g/mol. The third-order valence-electron chi connectivity index (χ3n) is 7.44. The van der Waals surface area contributed by atoms with Crippen molar-refractivity contribution in [3.8, 4) is 0 Å². The fraction of sp³-hybridized carbons (Fsp3) is 0.200. The lowest BCUT2D eigenvalue weighted by Crippen LogP contribution is -2.39. The minimum absolute atomic E-state index is 0.0268. The maximum absolute atomic E-state index is 13.1. The molecule has 5 rings (SSSR count). The standard InChI is InChI=1S/C35H35N5O4/c1-24-34(42)40(19-18-25-8-4-2-5-9-25)22-30-17-16-29(20-31(30)38-24)33(41)37-21-26-12-14-28(15-13-26)32(36)39-35(43)44-23-27-10-6-3-7-11-27/h2-17,20,24,38H,18-19,21-23H2,1H3,(H,37,41)(H2,36,39,43)/t24-/m0/s1. The summed E-state index contributed by atoms with van der Waals surface area (Å²) in [7, 11) is 0. The molecule has 1 aliphatic rings. The largest absolute Gasteiger partial charge is 0.444 e. The van der Waals surface area contributed by atoms with E-state index in [-0.39, 0.29) is 30.8 Å². The Hall–Kier alpha value is -5.44. The van der Waals surface area contributed by atoms with Crippen LogP contribution < -0.4 is 16.0 Å². The van der Waals surface area contributed by atoms with Gasteiger partial charge in [0.1, 0.15) is 18.5 Å². The Kier molecular flexibility index (Phi) is 9.66. The molecule has 0 saturated heterocycles. The van der Waals surface area contributed by atoms with Crippen LogP contribution in [0.2, 0.25) is 0 Å². The summed E-state index contributed by atoms with van der Waals surface area (Å²) in [6, 6.07) is 31.4. The van der Waals surface area contributed by atoms with Crippen molar-refractivity contribution in [2.24, 2.45) is 0 Å². The quantitative estimate of drug-likeness (QED) is 0.157. The van der Waals surface area contributed by atoms with Crippen LogP contribution in [-0.4, -0.2) is 41.2 Å². The van der Waals surface area contributed by atoms with Gasteiger partial charge < -0.3 is 20.3 Å². The molecule has 44 heavy (non-hydrogen) atoms. The maximum atomic E-state index is 13.1. The second kappa shape index (κ2) is 14.2. The number of benzene rings is 4. The van der Waals surface area contributed by atoms with Crippen LogP contribution in [0.4, 0.5) is 10.5 Å². The summed E-state index contributed by atoms with van der Waals surface area (Å²) in [5.41, 5.74) is 5.61. The van der Waals surface area contributed by atoms with Crippen LogP contribution in [0.25, 0.3) is 0 Å². The number of carbonyl (C=O) groups excluding carboxylic acids is 3. The number of amidine groups is 1. The van der Waals surface area contributed by atoms with E-state index < -0.39 is 12.1 Å². The van der Waals surface area contributed by atoms with E-state index in [4.69, 9.17) is 10.1 Å². The number of rotatable bonds is 9. The highest BCUT2D eigenvalue weighted by Crippen LogP contribution is 2.25. The summed E-state index contributed by atoms with van der Waals surface area (Å²) in [5.74, 6) is -0.292. The number of amides is 3. The summed E-state index contributed by atoms with van der Waals surface area (Å²) >= 11 is 0. The number of nitrogens with one attached hydrogen (secondary N) is 4. The lowest BCUT2D eigenvalue weighted by Gasteiger charge is -2.23. The Morgan fingerprint density at radius 2 is 1.55 bits per heavy atom. The van der Waals surface area contributed by atoms with Crippen molar-refractivity contribution in [1.29, 1.82) is 5.41 Å². The number of alkyl carbamates (subject to hydrolysis) is 1. The van der Waals surface area contributed by atoms with Crippen molar-refractivity contribution in [3.63, 3.8) is 0 Å². The molecule has 0 saturated carbocycles. The first-order valence-electron chi connectivity index (χ1n) is 14.5. The van der Waals surface area contributed by atoms with Crippen LogP contribution in [0.1, 0.15) is 45.1 Å². The van der Waals surface area contributed by atoms with Gasteiger partial charge in [0.05, 0.1) is 0 Å². The SMILES string of the molecule is C[C@@H]1Nc2cc(C(=O)NCc3ccc(C(=N)NC(=O)OCc4ccccc4)cc3)ccc2CN(CCc2ccccc2)C1=O.